The molecule has 0 N–H and O–H groups in total. The zero-order valence-corrected chi connectivity index (χ0v) is 25.5. The number of hydrogen-bond donors (Lipinski definition) is 0. The summed E-state index contributed by atoms with van der Waals surface area (Å²) in [5, 5.41) is 0. The fourth-order valence-corrected chi connectivity index (χ4v) is 10.4. The summed E-state index contributed by atoms with van der Waals surface area (Å²) in [6, 6.07) is 4.76. The molecule has 0 radical (unpaired) electrons. The standard InChI is InChI=1S/C31H44O2S3/c1-7-11-13-23(9-3)19-31(20-24(10-4)14-12-8-2)25-17-21(5)34-29(25)30-26(31)18-27(35-30)28-16-15-22(6)36(28,32)33/h15-18,23-24H,7-14,19-20H2,1-6H3. The molecular formula is C31H44O2S3. The zero-order valence-electron chi connectivity index (χ0n) is 23.1. The van der Waals surface area contributed by atoms with Crippen LogP contribution in [0, 0.1) is 18.8 Å². The van der Waals surface area contributed by atoms with E-state index in [-0.39, 0.29) is 5.41 Å². The van der Waals surface area contributed by atoms with Crippen LogP contribution in [0.2, 0.25) is 0 Å². The highest BCUT2D eigenvalue weighted by atomic mass is 32.2. The maximum Gasteiger partial charge on any atom is 0.203 e. The van der Waals surface area contributed by atoms with Crippen LogP contribution in [0.3, 0.4) is 0 Å². The highest BCUT2D eigenvalue weighted by Crippen LogP contribution is 2.61. The summed E-state index contributed by atoms with van der Waals surface area (Å²) in [5.41, 5.74) is 2.97. The quantitative estimate of drug-likeness (QED) is 0.251. The van der Waals surface area contributed by atoms with Crippen LogP contribution in [-0.4, -0.2) is 8.42 Å². The van der Waals surface area contributed by atoms with Crippen molar-refractivity contribution >= 4 is 37.4 Å². The molecule has 1 aliphatic heterocycles. The first kappa shape index (κ1) is 27.9. The van der Waals surface area contributed by atoms with Crippen LogP contribution in [0.1, 0.15) is 120 Å². The summed E-state index contributed by atoms with van der Waals surface area (Å²) in [6.45, 7) is 13.3. The summed E-state index contributed by atoms with van der Waals surface area (Å²) in [4.78, 5) is 6.01. The minimum Gasteiger partial charge on any atom is -0.219 e. The lowest BCUT2D eigenvalue weighted by Crippen LogP contribution is -2.31. The average Bonchev–Trinajstić information content (AvgIpc) is 3.57. The summed E-state index contributed by atoms with van der Waals surface area (Å²) >= 11 is 3.63. The fourth-order valence-electron chi connectivity index (χ4n) is 6.38. The number of fused-ring (bicyclic) bond motifs is 3. The van der Waals surface area contributed by atoms with Crippen LogP contribution in [0.25, 0.3) is 14.7 Å². The SMILES string of the molecule is CCCCC(CC)CC1(CC(CC)CCCC)c2cc(C)sc2-c2sc(C3=CC=C(C)S3(=O)=O)cc21. The summed E-state index contributed by atoms with van der Waals surface area (Å²) in [6.07, 6.45) is 16.0. The first-order valence-electron chi connectivity index (χ1n) is 14.1. The molecule has 198 valence electrons. The van der Waals surface area contributed by atoms with E-state index in [2.05, 4.69) is 46.8 Å². The smallest absolute Gasteiger partial charge is 0.203 e. The van der Waals surface area contributed by atoms with E-state index in [1.165, 1.54) is 84.4 Å². The zero-order chi connectivity index (χ0) is 26.1. The first-order chi connectivity index (χ1) is 17.2. The van der Waals surface area contributed by atoms with Gasteiger partial charge in [0.15, 0.2) is 0 Å². The van der Waals surface area contributed by atoms with Crippen LogP contribution in [-0.2, 0) is 15.3 Å². The lowest BCUT2D eigenvalue weighted by Gasteiger charge is -2.37. The van der Waals surface area contributed by atoms with Crippen LogP contribution in [0.15, 0.2) is 29.2 Å². The normalized spacial score (nSPS) is 21.7. The van der Waals surface area contributed by atoms with Gasteiger partial charge in [-0.05, 0) is 73.9 Å². The molecule has 1 aliphatic carbocycles. The highest BCUT2D eigenvalue weighted by molar-refractivity contribution is 8.04. The van der Waals surface area contributed by atoms with Crippen LogP contribution in [0.4, 0.5) is 0 Å². The molecule has 2 aliphatic rings. The monoisotopic (exact) mass is 544 g/mol. The minimum atomic E-state index is -3.36. The van der Waals surface area contributed by atoms with E-state index < -0.39 is 9.84 Å². The Bertz CT molecular complexity index is 1220. The fraction of sp³-hybridized carbons (Fsp3) is 0.613. The Labute approximate surface area is 227 Å². The molecule has 0 spiro atoms. The lowest BCUT2D eigenvalue weighted by molar-refractivity contribution is 0.266. The molecule has 2 atom stereocenters. The maximum atomic E-state index is 13.1. The van der Waals surface area contributed by atoms with Gasteiger partial charge in [0.25, 0.3) is 0 Å². The van der Waals surface area contributed by atoms with E-state index in [0.29, 0.717) is 21.6 Å². The molecule has 0 fully saturated rings. The van der Waals surface area contributed by atoms with E-state index in [1.54, 1.807) is 29.9 Å². The Morgan fingerprint density at radius 3 is 1.86 bits per heavy atom. The Morgan fingerprint density at radius 2 is 1.36 bits per heavy atom. The van der Waals surface area contributed by atoms with Gasteiger partial charge in [-0.2, -0.15) is 0 Å². The Morgan fingerprint density at radius 1 is 0.806 bits per heavy atom. The maximum absolute atomic E-state index is 13.1. The topological polar surface area (TPSA) is 34.1 Å². The number of aryl methyl sites for hydroxylation is 1. The second kappa shape index (κ2) is 11.3. The van der Waals surface area contributed by atoms with Gasteiger partial charge in [0.05, 0.1) is 4.91 Å². The third-order valence-electron chi connectivity index (χ3n) is 8.61. The van der Waals surface area contributed by atoms with E-state index in [4.69, 9.17) is 0 Å². The molecule has 0 saturated heterocycles. The predicted octanol–water partition coefficient (Wildman–Crippen LogP) is 10.3. The molecule has 0 bridgehead atoms. The number of thiophene rings is 2. The molecule has 2 unspecified atom stereocenters. The third kappa shape index (κ3) is 4.97. The number of unbranched alkanes of at least 4 members (excludes halogenated alkanes) is 2. The van der Waals surface area contributed by atoms with Gasteiger partial charge in [-0.15, -0.1) is 22.7 Å². The molecule has 0 aromatic carbocycles. The van der Waals surface area contributed by atoms with Crippen molar-refractivity contribution < 1.29 is 8.42 Å². The molecule has 2 aromatic heterocycles. The second-order valence-electron chi connectivity index (χ2n) is 11.1. The van der Waals surface area contributed by atoms with Crippen molar-refractivity contribution in [2.75, 3.05) is 0 Å². The lowest BCUT2D eigenvalue weighted by atomic mass is 9.65. The van der Waals surface area contributed by atoms with E-state index in [1.807, 2.05) is 17.4 Å². The van der Waals surface area contributed by atoms with E-state index in [0.717, 1.165) is 4.88 Å². The van der Waals surface area contributed by atoms with Gasteiger partial charge in [-0.3, -0.25) is 0 Å². The number of rotatable bonds is 13. The first-order valence-corrected chi connectivity index (χ1v) is 17.2. The third-order valence-corrected chi connectivity index (χ3v) is 13.0. The minimum absolute atomic E-state index is 0.00158. The van der Waals surface area contributed by atoms with Gasteiger partial charge in [0, 0.05) is 29.8 Å². The van der Waals surface area contributed by atoms with Gasteiger partial charge < -0.3 is 0 Å². The molecule has 3 heterocycles. The second-order valence-corrected chi connectivity index (χ2v) is 15.5. The average molecular weight is 545 g/mol. The van der Waals surface area contributed by atoms with Crippen LogP contribution >= 0.6 is 22.7 Å². The largest absolute Gasteiger partial charge is 0.219 e. The summed E-state index contributed by atoms with van der Waals surface area (Å²) < 4.78 is 26.2. The van der Waals surface area contributed by atoms with Crippen molar-refractivity contribution in [1.82, 2.24) is 0 Å². The van der Waals surface area contributed by atoms with Crippen LogP contribution in [0.5, 0.6) is 0 Å². The van der Waals surface area contributed by atoms with Gasteiger partial charge in [-0.25, -0.2) is 8.42 Å². The predicted molar refractivity (Wildman–Crippen MR) is 160 cm³/mol. The van der Waals surface area contributed by atoms with E-state index in [9.17, 15) is 8.42 Å². The molecular weight excluding hydrogens is 501 g/mol. The number of sulfone groups is 1. The molecule has 0 amide bonds. The van der Waals surface area contributed by atoms with Crippen molar-refractivity contribution in [1.29, 1.82) is 0 Å². The Kier molecular flexibility index (Phi) is 8.74. The van der Waals surface area contributed by atoms with Gasteiger partial charge >= 0.3 is 0 Å². The van der Waals surface area contributed by atoms with Crippen LogP contribution < -0.4 is 0 Å². The Balaban J connectivity index is 1.86. The Hall–Kier alpha value is -1.17. The van der Waals surface area contributed by atoms with Crippen molar-refractivity contribution in [3.05, 3.63) is 50.1 Å². The van der Waals surface area contributed by atoms with Crippen molar-refractivity contribution in [2.24, 2.45) is 11.8 Å². The van der Waals surface area contributed by atoms with Crippen molar-refractivity contribution in [3.63, 3.8) is 0 Å². The van der Waals surface area contributed by atoms with Gasteiger partial charge in [0.1, 0.15) is 0 Å². The van der Waals surface area contributed by atoms with Gasteiger partial charge in [-0.1, -0.05) is 79.1 Å². The summed E-state index contributed by atoms with van der Waals surface area (Å²) in [5.74, 6) is 1.38. The van der Waals surface area contributed by atoms with Crippen molar-refractivity contribution in [2.45, 2.75) is 111 Å². The summed E-state index contributed by atoms with van der Waals surface area (Å²) in [7, 11) is -3.36. The molecule has 36 heavy (non-hydrogen) atoms. The molecule has 4 rings (SSSR count). The van der Waals surface area contributed by atoms with E-state index >= 15 is 0 Å². The number of hydrogen-bond acceptors (Lipinski definition) is 4. The highest BCUT2D eigenvalue weighted by Gasteiger charge is 2.48. The molecule has 2 nitrogen and oxygen atoms in total. The molecule has 5 heteroatoms. The number of allylic oxidation sites excluding steroid dienone is 3. The molecule has 0 saturated carbocycles. The van der Waals surface area contributed by atoms with Crippen molar-refractivity contribution in [3.8, 4) is 9.75 Å². The van der Waals surface area contributed by atoms with Gasteiger partial charge in [0.2, 0.25) is 9.84 Å². The molecule has 2 aromatic rings.